The summed E-state index contributed by atoms with van der Waals surface area (Å²) in [7, 11) is 0. The van der Waals surface area contributed by atoms with E-state index in [4.69, 9.17) is 10.2 Å². The highest BCUT2D eigenvalue weighted by atomic mass is 16.3. The third-order valence-corrected chi connectivity index (χ3v) is 3.68. The van der Waals surface area contributed by atoms with Gasteiger partial charge in [0.1, 0.15) is 5.82 Å². The Balaban J connectivity index is 2.03. The first kappa shape index (κ1) is 14.7. The Labute approximate surface area is 129 Å². The van der Waals surface area contributed by atoms with E-state index in [2.05, 4.69) is 28.8 Å². The fourth-order valence-corrected chi connectivity index (χ4v) is 2.59. The maximum atomic E-state index is 6.21. The van der Waals surface area contributed by atoms with E-state index in [0.29, 0.717) is 11.7 Å². The summed E-state index contributed by atoms with van der Waals surface area (Å²) in [5, 5.41) is 1.01. The van der Waals surface area contributed by atoms with Crippen molar-refractivity contribution in [3.63, 3.8) is 0 Å². The molecule has 0 amide bonds. The second-order valence-corrected chi connectivity index (χ2v) is 6.00. The second kappa shape index (κ2) is 5.85. The van der Waals surface area contributed by atoms with Crippen LogP contribution < -0.4 is 5.73 Å². The maximum Gasteiger partial charge on any atom is 0.181 e. The summed E-state index contributed by atoms with van der Waals surface area (Å²) < 4.78 is 5.34. The summed E-state index contributed by atoms with van der Waals surface area (Å²) in [5.74, 6) is 1.97. The molecule has 0 radical (unpaired) electrons. The zero-order valence-corrected chi connectivity index (χ0v) is 13.1. The first-order valence-electron chi connectivity index (χ1n) is 7.47. The Morgan fingerprint density at radius 2 is 2.05 bits per heavy atom. The third kappa shape index (κ3) is 2.85. The molecule has 2 heterocycles. The summed E-state index contributed by atoms with van der Waals surface area (Å²) in [6, 6.07) is 5.86. The van der Waals surface area contributed by atoms with Gasteiger partial charge in [-0.1, -0.05) is 13.8 Å². The van der Waals surface area contributed by atoms with E-state index >= 15 is 0 Å². The lowest BCUT2D eigenvalue weighted by Crippen LogP contribution is -2.16. The molecule has 0 spiro atoms. The topological polar surface area (TPSA) is 77.8 Å². The minimum absolute atomic E-state index is 0.128. The van der Waals surface area contributed by atoms with Crippen LogP contribution in [0.4, 0.5) is 0 Å². The summed E-state index contributed by atoms with van der Waals surface area (Å²) >= 11 is 0. The molecular formula is C17H20N4O. The molecule has 114 valence electrons. The number of nitrogens with two attached hydrogens (primary N) is 1. The van der Waals surface area contributed by atoms with Crippen LogP contribution in [-0.4, -0.2) is 15.0 Å². The van der Waals surface area contributed by atoms with Crippen molar-refractivity contribution in [3.05, 3.63) is 42.3 Å². The first-order chi connectivity index (χ1) is 10.5. The number of aromatic nitrogens is 3. The van der Waals surface area contributed by atoms with Crippen molar-refractivity contribution in [3.8, 4) is 11.3 Å². The van der Waals surface area contributed by atoms with Crippen molar-refractivity contribution < 1.29 is 4.42 Å². The monoisotopic (exact) mass is 296 g/mol. The van der Waals surface area contributed by atoms with Crippen LogP contribution >= 0.6 is 0 Å². The molecule has 0 aliphatic carbocycles. The molecule has 22 heavy (non-hydrogen) atoms. The van der Waals surface area contributed by atoms with E-state index in [1.807, 2.05) is 25.1 Å². The highest BCUT2D eigenvalue weighted by Gasteiger charge is 2.14. The number of benzene rings is 1. The predicted octanol–water partition coefficient (Wildman–Crippen LogP) is 3.64. The summed E-state index contributed by atoms with van der Waals surface area (Å²) in [5.41, 5.74) is 9.02. The molecule has 2 N–H and O–H groups in total. The van der Waals surface area contributed by atoms with Crippen molar-refractivity contribution >= 4 is 10.9 Å². The van der Waals surface area contributed by atoms with Gasteiger partial charge in [-0.15, -0.1) is 0 Å². The molecule has 0 saturated heterocycles. The predicted molar refractivity (Wildman–Crippen MR) is 86.2 cm³/mol. The molecule has 3 aromatic rings. The minimum atomic E-state index is -0.128. The van der Waals surface area contributed by atoms with E-state index in [1.165, 1.54) is 6.39 Å². The number of fused-ring (bicyclic) bond motifs is 1. The number of hydrogen-bond acceptors (Lipinski definition) is 5. The van der Waals surface area contributed by atoms with Gasteiger partial charge in [-0.3, -0.25) is 0 Å². The molecular weight excluding hydrogens is 276 g/mol. The SMILES string of the molecule is Cc1nc(C(N)CC(C)C)nc2ccc(-c3cnco3)cc12. The lowest BCUT2D eigenvalue weighted by Gasteiger charge is -2.14. The number of rotatable bonds is 4. The molecule has 5 nitrogen and oxygen atoms in total. The Hall–Kier alpha value is -2.27. The van der Waals surface area contributed by atoms with Crippen molar-refractivity contribution in [2.24, 2.45) is 11.7 Å². The van der Waals surface area contributed by atoms with E-state index < -0.39 is 0 Å². The van der Waals surface area contributed by atoms with Crippen molar-refractivity contribution in [1.29, 1.82) is 0 Å². The van der Waals surface area contributed by atoms with Crippen LogP contribution in [0.15, 0.2) is 35.2 Å². The van der Waals surface area contributed by atoms with E-state index in [9.17, 15) is 0 Å². The van der Waals surface area contributed by atoms with Gasteiger partial charge in [-0.05, 0) is 37.5 Å². The molecule has 5 heteroatoms. The molecule has 0 fully saturated rings. The van der Waals surface area contributed by atoms with E-state index in [0.717, 1.165) is 34.3 Å². The van der Waals surface area contributed by atoms with Gasteiger partial charge in [-0.25, -0.2) is 15.0 Å². The minimum Gasteiger partial charge on any atom is -0.444 e. The normalized spacial score (nSPS) is 13.0. The lowest BCUT2D eigenvalue weighted by molar-refractivity contribution is 0.493. The smallest absolute Gasteiger partial charge is 0.181 e. The van der Waals surface area contributed by atoms with Crippen LogP contribution in [0.1, 0.15) is 37.8 Å². The number of nitrogens with zero attached hydrogens (tertiary/aromatic N) is 3. The van der Waals surface area contributed by atoms with Gasteiger partial charge in [0.15, 0.2) is 12.2 Å². The van der Waals surface area contributed by atoms with Gasteiger partial charge >= 0.3 is 0 Å². The highest BCUT2D eigenvalue weighted by Crippen LogP contribution is 2.26. The van der Waals surface area contributed by atoms with Gasteiger partial charge in [-0.2, -0.15) is 0 Å². The molecule has 0 aliphatic rings. The number of oxazole rings is 1. The van der Waals surface area contributed by atoms with Gasteiger partial charge in [0.2, 0.25) is 0 Å². The first-order valence-corrected chi connectivity index (χ1v) is 7.47. The third-order valence-electron chi connectivity index (χ3n) is 3.68. The van der Waals surface area contributed by atoms with Gasteiger partial charge in [0.05, 0.1) is 17.8 Å². The quantitative estimate of drug-likeness (QED) is 0.795. The Bertz CT molecular complexity index is 781. The molecule has 1 aromatic carbocycles. The summed E-state index contributed by atoms with van der Waals surface area (Å²) in [4.78, 5) is 13.2. The van der Waals surface area contributed by atoms with Crippen LogP contribution in [0.2, 0.25) is 0 Å². The Morgan fingerprint density at radius 1 is 1.23 bits per heavy atom. The van der Waals surface area contributed by atoms with Gasteiger partial charge in [0.25, 0.3) is 0 Å². The molecule has 3 rings (SSSR count). The van der Waals surface area contributed by atoms with Crippen molar-refractivity contribution in [1.82, 2.24) is 15.0 Å². The largest absolute Gasteiger partial charge is 0.444 e. The molecule has 1 atom stereocenters. The summed E-state index contributed by atoms with van der Waals surface area (Å²) in [6.07, 6.45) is 4.00. The van der Waals surface area contributed by atoms with Crippen LogP contribution in [0.3, 0.4) is 0 Å². The lowest BCUT2D eigenvalue weighted by atomic mass is 10.0. The molecule has 0 bridgehead atoms. The van der Waals surface area contributed by atoms with Crippen molar-refractivity contribution in [2.45, 2.75) is 33.2 Å². The molecule has 2 aromatic heterocycles. The Kier molecular flexibility index (Phi) is 3.90. The van der Waals surface area contributed by atoms with E-state index in [-0.39, 0.29) is 6.04 Å². The number of aryl methyl sites for hydroxylation is 1. The van der Waals surface area contributed by atoms with Crippen LogP contribution in [0.25, 0.3) is 22.2 Å². The fraction of sp³-hybridized carbons (Fsp3) is 0.353. The van der Waals surface area contributed by atoms with Gasteiger partial charge in [0, 0.05) is 16.6 Å². The van der Waals surface area contributed by atoms with Crippen LogP contribution in [-0.2, 0) is 0 Å². The maximum absolute atomic E-state index is 6.21. The molecule has 1 unspecified atom stereocenters. The Morgan fingerprint density at radius 3 is 2.73 bits per heavy atom. The van der Waals surface area contributed by atoms with Crippen molar-refractivity contribution in [2.75, 3.05) is 0 Å². The zero-order chi connectivity index (χ0) is 15.7. The fourth-order valence-electron chi connectivity index (χ4n) is 2.59. The zero-order valence-electron chi connectivity index (χ0n) is 13.1. The molecule has 0 aliphatic heterocycles. The van der Waals surface area contributed by atoms with Crippen LogP contribution in [0.5, 0.6) is 0 Å². The van der Waals surface area contributed by atoms with E-state index in [1.54, 1.807) is 6.20 Å². The molecule has 0 saturated carbocycles. The number of hydrogen-bond donors (Lipinski definition) is 1. The second-order valence-electron chi connectivity index (χ2n) is 6.00. The standard InChI is InChI=1S/C17H20N4O/c1-10(2)6-14(18)17-20-11(3)13-7-12(4-5-15(13)21-17)16-8-19-9-22-16/h4-5,7-10,14H,6,18H2,1-3H3. The average Bonchev–Trinajstić information content (AvgIpc) is 3.00. The average molecular weight is 296 g/mol. The van der Waals surface area contributed by atoms with Gasteiger partial charge < -0.3 is 10.2 Å². The highest BCUT2D eigenvalue weighted by molar-refractivity contribution is 5.85. The van der Waals surface area contributed by atoms with Crippen LogP contribution in [0, 0.1) is 12.8 Å². The summed E-state index contributed by atoms with van der Waals surface area (Å²) in [6.45, 7) is 6.29.